The molecule has 0 fully saturated rings. The van der Waals surface area contributed by atoms with E-state index in [1.54, 1.807) is 31.2 Å². The summed E-state index contributed by atoms with van der Waals surface area (Å²) in [7, 11) is 0. The predicted octanol–water partition coefficient (Wildman–Crippen LogP) is 2.48. The Labute approximate surface area is 120 Å². The van der Waals surface area contributed by atoms with Gasteiger partial charge in [0.05, 0.1) is 0 Å². The number of hydrogen-bond donors (Lipinski definition) is 3. The second-order valence-corrected chi connectivity index (χ2v) is 4.48. The van der Waals surface area contributed by atoms with Crippen LogP contribution in [0.1, 0.15) is 21.5 Å². The molecule has 0 aliphatic heterocycles. The van der Waals surface area contributed by atoms with Crippen molar-refractivity contribution in [2.24, 2.45) is 10.9 Å². The molecular formula is C15H14FN3O2. The number of benzene rings is 2. The van der Waals surface area contributed by atoms with Crippen LogP contribution < -0.4 is 11.1 Å². The van der Waals surface area contributed by atoms with Crippen molar-refractivity contribution in [1.82, 2.24) is 0 Å². The van der Waals surface area contributed by atoms with Crippen LogP contribution in [-0.2, 0) is 0 Å². The highest BCUT2D eigenvalue weighted by Crippen LogP contribution is 2.14. The van der Waals surface area contributed by atoms with Crippen LogP contribution in [-0.4, -0.2) is 17.0 Å². The van der Waals surface area contributed by atoms with Gasteiger partial charge in [0.2, 0.25) is 0 Å². The van der Waals surface area contributed by atoms with E-state index in [0.717, 1.165) is 0 Å². The number of nitrogens with one attached hydrogen (secondary N) is 1. The van der Waals surface area contributed by atoms with Crippen molar-refractivity contribution in [1.29, 1.82) is 0 Å². The third-order valence-electron chi connectivity index (χ3n) is 2.98. The molecule has 0 saturated carbocycles. The molecule has 1 amide bonds. The topological polar surface area (TPSA) is 87.7 Å². The van der Waals surface area contributed by atoms with E-state index < -0.39 is 0 Å². The lowest BCUT2D eigenvalue weighted by Gasteiger charge is -2.08. The van der Waals surface area contributed by atoms with E-state index in [-0.39, 0.29) is 17.6 Å². The number of amides is 1. The molecule has 0 unspecified atom stereocenters. The Morgan fingerprint density at radius 2 is 1.90 bits per heavy atom. The van der Waals surface area contributed by atoms with Crippen LogP contribution in [0.25, 0.3) is 0 Å². The second-order valence-electron chi connectivity index (χ2n) is 4.48. The van der Waals surface area contributed by atoms with Gasteiger partial charge in [-0.15, -0.1) is 0 Å². The van der Waals surface area contributed by atoms with Crippen LogP contribution in [0.5, 0.6) is 0 Å². The minimum absolute atomic E-state index is 0.0118. The van der Waals surface area contributed by atoms with Gasteiger partial charge in [-0.3, -0.25) is 4.79 Å². The van der Waals surface area contributed by atoms with Crippen molar-refractivity contribution in [2.75, 3.05) is 5.32 Å². The van der Waals surface area contributed by atoms with E-state index in [4.69, 9.17) is 10.9 Å². The van der Waals surface area contributed by atoms with Gasteiger partial charge < -0.3 is 16.3 Å². The zero-order valence-corrected chi connectivity index (χ0v) is 11.3. The molecule has 6 heteroatoms. The second kappa shape index (κ2) is 6.04. The minimum Gasteiger partial charge on any atom is -0.409 e. The Morgan fingerprint density at radius 1 is 1.24 bits per heavy atom. The van der Waals surface area contributed by atoms with Crippen molar-refractivity contribution >= 4 is 17.4 Å². The molecule has 21 heavy (non-hydrogen) atoms. The van der Waals surface area contributed by atoms with Crippen LogP contribution in [0, 0.1) is 12.7 Å². The number of anilines is 1. The normalized spacial score (nSPS) is 11.2. The first-order valence-corrected chi connectivity index (χ1v) is 6.16. The highest BCUT2D eigenvalue weighted by atomic mass is 19.1. The van der Waals surface area contributed by atoms with Gasteiger partial charge in [0.1, 0.15) is 5.82 Å². The summed E-state index contributed by atoms with van der Waals surface area (Å²) < 4.78 is 13.0. The van der Waals surface area contributed by atoms with Crippen molar-refractivity contribution in [3.8, 4) is 0 Å². The zero-order chi connectivity index (χ0) is 15.4. The van der Waals surface area contributed by atoms with E-state index in [2.05, 4.69) is 10.5 Å². The summed E-state index contributed by atoms with van der Waals surface area (Å²) >= 11 is 0. The molecule has 2 aromatic rings. The van der Waals surface area contributed by atoms with Crippen LogP contribution in [0.2, 0.25) is 0 Å². The monoisotopic (exact) mass is 287 g/mol. The highest BCUT2D eigenvalue weighted by molar-refractivity contribution is 6.05. The molecule has 2 aromatic carbocycles. The lowest BCUT2D eigenvalue weighted by atomic mass is 10.1. The van der Waals surface area contributed by atoms with E-state index in [0.29, 0.717) is 22.4 Å². The summed E-state index contributed by atoms with van der Waals surface area (Å²) in [5.41, 5.74) is 7.49. The predicted molar refractivity (Wildman–Crippen MR) is 78.0 cm³/mol. The third-order valence-corrected chi connectivity index (χ3v) is 2.98. The van der Waals surface area contributed by atoms with Crippen LogP contribution in [0.4, 0.5) is 10.1 Å². The molecule has 0 aromatic heterocycles. The average Bonchev–Trinajstić information content (AvgIpc) is 2.47. The van der Waals surface area contributed by atoms with Gasteiger partial charge in [0.15, 0.2) is 5.84 Å². The fourth-order valence-electron chi connectivity index (χ4n) is 1.86. The Hall–Kier alpha value is -2.89. The summed E-state index contributed by atoms with van der Waals surface area (Å²) in [4.78, 5) is 12.1. The standard InChI is InChI=1S/C15H14FN3O2/c1-9-8-11(16)4-7-13(9)15(20)18-12-5-2-10(3-6-12)14(17)19-21/h2-8,21H,1H3,(H2,17,19)(H,18,20). The average molecular weight is 287 g/mol. The number of nitrogens with two attached hydrogens (primary N) is 1. The van der Waals surface area contributed by atoms with E-state index in [1.165, 1.54) is 18.2 Å². The number of carbonyl (C=O) groups excluding carboxylic acids is 1. The lowest BCUT2D eigenvalue weighted by molar-refractivity contribution is 0.102. The fraction of sp³-hybridized carbons (Fsp3) is 0.0667. The van der Waals surface area contributed by atoms with Gasteiger partial charge in [-0.1, -0.05) is 5.16 Å². The van der Waals surface area contributed by atoms with Crippen molar-refractivity contribution < 1.29 is 14.4 Å². The molecule has 0 spiro atoms. The van der Waals surface area contributed by atoms with Crippen LogP contribution >= 0.6 is 0 Å². The molecule has 0 radical (unpaired) electrons. The molecule has 108 valence electrons. The number of aryl methyl sites for hydroxylation is 1. The summed E-state index contributed by atoms with van der Waals surface area (Å²) in [6.45, 7) is 1.67. The Morgan fingerprint density at radius 3 is 2.48 bits per heavy atom. The number of amidine groups is 1. The molecule has 4 N–H and O–H groups in total. The first kappa shape index (κ1) is 14.5. The molecule has 0 aliphatic carbocycles. The molecule has 0 saturated heterocycles. The van der Waals surface area contributed by atoms with E-state index >= 15 is 0 Å². The van der Waals surface area contributed by atoms with Crippen LogP contribution in [0.15, 0.2) is 47.6 Å². The van der Waals surface area contributed by atoms with Gasteiger partial charge in [-0.25, -0.2) is 4.39 Å². The first-order chi connectivity index (χ1) is 10.0. The Bertz CT molecular complexity index is 697. The fourth-order valence-corrected chi connectivity index (χ4v) is 1.86. The molecule has 0 heterocycles. The number of halogens is 1. The number of hydrogen-bond acceptors (Lipinski definition) is 3. The molecule has 5 nitrogen and oxygen atoms in total. The minimum atomic E-state index is -0.382. The van der Waals surface area contributed by atoms with Crippen molar-refractivity contribution in [2.45, 2.75) is 6.92 Å². The largest absolute Gasteiger partial charge is 0.409 e. The maximum Gasteiger partial charge on any atom is 0.255 e. The van der Waals surface area contributed by atoms with Gasteiger partial charge in [-0.05, 0) is 55.0 Å². The first-order valence-electron chi connectivity index (χ1n) is 6.16. The van der Waals surface area contributed by atoms with Gasteiger partial charge in [0, 0.05) is 16.8 Å². The van der Waals surface area contributed by atoms with Gasteiger partial charge in [0.25, 0.3) is 5.91 Å². The number of rotatable bonds is 3. The molecule has 0 bridgehead atoms. The Balaban J connectivity index is 2.16. The number of nitrogens with zero attached hydrogens (tertiary/aromatic N) is 1. The summed E-state index contributed by atoms with van der Waals surface area (Å²) in [5.74, 6) is -0.724. The molecule has 2 rings (SSSR count). The lowest BCUT2D eigenvalue weighted by Crippen LogP contribution is -2.15. The molecule has 0 atom stereocenters. The maximum atomic E-state index is 13.0. The summed E-state index contributed by atoms with van der Waals surface area (Å²) in [6, 6.07) is 10.5. The smallest absolute Gasteiger partial charge is 0.255 e. The summed E-state index contributed by atoms with van der Waals surface area (Å²) in [6.07, 6.45) is 0. The third kappa shape index (κ3) is 3.36. The summed E-state index contributed by atoms with van der Waals surface area (Å²) in [5, 5.41) is 14.2. The van der Waals surface area contributed by atoms with E-state index in [1.807, 2.05) is 0 Å². The number of carbonyl (C=O) groups is 1. The highest BCUT2D eigenvalue weighted by Gasteiger charge is 2.10. The van der Waals surface area contributed by atoms with Gasteiger partial charge >= 0.3 is 0 Å². The maximum absolute atomic E-state index is 13.0. The zero-order valence-electron chi connectivity index (χ0n) is 11.3. The van der Waals surface area contributed by atoms with Crippen LogP contribution in [0.3, 0.4) is 0 Å². The van der Waals surface area contributed by atoms with E-state index in [9.17, 15) is 9.18 Å². The number of oxime groups is 1. The van der Waals surface area contributed by atoms with Crippen molar-refractivity contribution in [3.63, 3.8) is 0 Å². The SMILES string of the molecule is Cc1cc(F)ccc1C(=O)Nc1ccc(/C(N)=N/O)cc1. The van der Waals surface area contributed by atoms with Gasteiger partial charge in [-0.2, -0.15) is 0 Å². The molecular weight excluding hydrogens is 273 g/mol. The Kier molecular flexibility index (Phi) is 4.18. The quantitative estimate of drug-likeness (QED) is 0.351. The van der Waals surface area contributed by atoms with Crippen molar-refractivity contribution in [3.05, 3.63) is 65.0 Å². The molecule has 0 aliphatic rings.